The molecule has 1 saturated carbocycles. The lowest BCUT2D eigenvalue weighted by Crippen LogP contribution is -2.35. The Morgan fingerprint density at radius 1 is 1.20 bits per heavy atom. The molecule has 1 aromatic heterocycles. The van der Waals surface area contributed by atoms with Crippen LogP contribution in [0, 0.1) is 24.7 Å². The molecule has 0 spiro atoms. The van der Waals surface area contributed by atoms with Crippen LogP contribution in [0.3, 0.4) is 0 Å². The van der Waals surface area contributed by atoms with Gasteiger partial charge in [-0.25, -0.2) is 0 Å². The Kier molecular flexibility index (Phi) is 5.68. The van der Waals surface area contributed by atoms with Crippen LogP contribution in [0.2, 0.25) is 0 Å². The number of hydrogen-bond acceptors (Lipinski definition) is 2. The minimum Gasteiger partial charge on any atom is -0.314 e. The number of rotatable bonds is 5. The lowest BCUT2D eigenvalue weighted by Gasteiger charge is -2.38. The van der Waals surface area contributed by atoms with Gasteiger partial charge in [0.15, 0.2) is 0 Å². The molecule has 1 aromatic rings. The van der Waals surface area contributed by atoms with Gasteiger partial charge in [0.1, 0.15) is 0 Å². The van der Waals surface area contributed by atoms with Crippen LogP contribution in [0.25, 0.3) is 0 Å². The molecule has 2 heteroatoms. The van der Waals surface area contributed by atoms with E-state index < -0.39 is 0 Å². The minimum absolute atomic E-state index is 0.601. The Morgan fingerprint density at radius 3 is 2.50 bits per heavy atom. The van der Waals surface area contributed by atoms with Crippen LogP contribution < -0.4 is 5.32 Å². The molecule has 2 rings (SSSR count). The SMILES string of the molecule is Cc1ccc(C2CC(C(C)C)CCC2CNC(C)C)s1. The number of nitrogens with one attached hydrogen (secondary N) is 1. The molecular weight excluding hydrogens is 262 g/mol. The quantitative estimate of drug-likeness (QED) is 0.785. The van der Waals surface area contributed by atoms with E-state index in [2.05, 4.69) is 52.1 Å². The standard InChI is InChI=1S/C18H31NS/c1-12(2)15-7-8-16(11-19-13(3)4)17(10-15)18-9-6-14(5)20-18/h6,9,12-13,15-17,19H,7-8,10-11H2,1-5H3. The summed E-state index contributed by atoms with van der Waals surface area (Å²) in [4.78, 5) is 3.09. The van der Waals surface area contributed by atoms with Crippen molar-refractivity contribution in [3.8, 4) is 0 Å². The number of thiophene rings is 1. The van der Waals surface area contributed by atoms with Crippen LogP contribution >= 0.6 is 11.3 Å². The van der Waals surface area contributed by atoms with Crippen molar-refractivity contribution in [3.05, 3.63) is 21.9 Å². The summed E-state index contributed by atoms with van der Waals surface area (Å²) in [6.07, 6.45) is 4.20. The monoisotopic (exact) mass is 293 g/mol. The van der Waals surface area contributed by atoms with Crippen molar-refractivity contribution in [2.24, 2.45) is 17.8 Å². The largest absolute Gasteiger partial charge is 0.314 e. The summed E-state index contributed by atoms with van der Waals surface area (Å²) < 4.78 is 0. The third-order valence-electron chi connectivity index (χ3n) is 4.89. The van der Waals surface area contributed by atoms with Crippen molar-refractivity contribution >= 4 is 11.3 Å². The topological polar surface area (TPSA) is 12.0 Å². The highest BCUT2D eigenvalue weighted by atomic mass is 32.1. The maximum Gasteiger partial charge on any atom is 0.00823 e. The second-order valence-corrected chi connectivity index (χ2v) is 8.51. The Hall–Kier alpha value is -0.340. The molecule has 0 aromatic carbocycles. The van der Waals surface area contributed by atoms with E-state index in [1.165, 1.54) is 30.7 Å². The van der Waals surface area contributed by atoms with Crippen LogP contribution in [0.5, 0.6) is 0 Å². The van der Waals surface area contributed by atoms with Crippen molar-refractivity contribution < 1.29 is 0 Å². The molecule has 1 nitrogen and oxygen atoms in total. The second-order valence-electron chi connectivity index (χ2n) is 7.20. The first-order valence-corrected chi connectivity index (χ1v) is 9.08. The lowest BCUT2D eigenvalue weighted by atomic mass is 9.70. The fourth-order valence-electron chi connectivity index (χ4n) is 3.50. The molecule has 1 heterocycles. The first-order chi connectivity index (χ1) is 9.47. The highest BCUT2D eigenvalue weighted by molar-refractivity contribution is 7.12. The molecule has 0 bridgehead atoms. The molecular formula is C18H31NS. The van der Waals surface area contributed by atoms with Gasteiger partial charge in [-0.3, -0.25) is 0 Å². The highest BCUT2D eigenvalue weighted by Crippen LogP contribution is 2.44. The van der Waals surface area contributed by atoms with E-state index in [0.717, 1.165) is 23.7 Å². The molecule has 20 heavy (non-hydrogen) atoms. The van der Waals surface area contributed by atoms with E-state index in [1.807, 2.05) is 11.3 Å². The maximum absolute atomic E-state index is 3.67. The van der Waals surface area contributed by atoms with E-state index in [-0.39, 0.29) is 0 Å². The summed E-state index contributed by atoms with van der Waals surface area (Å²) in [6, 6.07) is 5.28. The molecule has 3 unspecified atom stereocenters. The number of aryl methyl sites for hydroxylation is 1. The Balaban J connectivity index is 2.09. The highest BCUT2D eigenvalue weighted by Gasteiger charge is 2.33. The van der Waals surface area contributed by atoms with Crippen LogP contribution in [0.4, 0.5) is 0 Å². The molecule has 1 aliphatic rings. The zero-order valence-electron chi connectivity index (χ0n) is 13.8. The molecule has 114 valence electrons. The Morgan fingerprint density at radius 2 is 1.95 bits per heavy atom. The summed E-state index contributed by atoms with van der Waals surface area (Å²) in [5.41, 5.74) is 0. The fraction of sp³-hybridized carbons (Fsp3) is 0.778. The predicted octanol–water partition coefficient (Wildman–Crippen LogP) is 5.21. The van der Waals surface area contributed by atoms with E-state index >= 15 is 0 Å². The molecule has 1 aliphatic carbocycles. The third kappa shape index (κ3) is 4.08. The third-order valence-corrected chi connectivity index (χ3v) is 6.02. The van der Waals surface area contributed by atoms with Crippen LogP contribution in [0.15, 0.2) is 12.1 Å². The van der Waals surface area contributed by atoms with Crippen molar-refractivity contribution in [3.63, 3.8) is 0 Å². The fourth-order valence-corrected chi connectivity index (χ4v) is 4.59. The van der Waals surface area contributed by atoms with Gasteiger partial charge in [0.05, 0.1) is 0 Å². The van der Waals surface area contributed by atoms with Crippen LogP contribution in [0.1, 0.15) is 62.6 Å². The molecule has 0 amide bonds. The second kappa shape index (κ2) is 7.09. The van der Waals surface area contributed by atoms with Gasteiger partial charge in [-0.15, -0.1) is 11.3 Å². The maximum atomic E-state index is 3.67. The smallest absolute Gasteiger partial charge is 0.00823 e. The first kappa shape index (κ1) is 16.0. The average molecular weight is 294 g/mol. The summed E-state index contributed by atoms with van der Waals surface area (Å²) in [5, 5.41) is 3.67. The lowest BCUT2D eigenvalue weighted by molar-refractivity contribution is 0.190. The summed E-state index contributed by atoms with van der Waals surface area (Å²) in [7, 11) is 0. The van der Waals surface area contributed by atoms with Gasteiger partial charge in [-0.2, -0.15) is 0 Å². The van der Waals surface area contributed by atoms with Gasteiger partial charge >= 0.3 is 0 Å². The molecule has 3 atom stereocenters. The van der Waals surface area contributed by atoms with Crippen molar-refractivity contribution in [1.82, 2.24) is 5.32 Å². The van der Waals surface area contributed by atoms with Crippen molar-refractivity contribution in [1.29, 1.82) is 0 Å². The van der Waals surface area contributed by atoms with Gasteiger partial charge in [-0.1, -0.05) is 27.7 Å². The van der Waals surface area contributed by atoms with E-state index in [1.54, 1.807) is 4.88 Å². The zero-order chi connectivity index (χ0) is 14.7. The molecule has 0 radical (unpaired) electrons. The summed E-state index contributed by atoms with van der Waals surface area (Å²) >= 11 is 2.02. The minimum atomic E-state index is 0.601. The van der Waals surface area contributed by atoms with E-state index in [0.29, 0.717) is 6.04 Å². The molecule has 1 N–H and O–H groups in total. The Labute approximate surface area is 129 Å². The Bertz CT molecular complexity index is 407. The van der Waals surface area contributed by atoms with Crippen molar-refractivity contribution in [2.45, 2.75) is 65.8 Å². The molecule has 0 saturated heterocycles. The van der Waals surface area contributed by atoms with E-state index in [9.17, 15) is 0 Å². The van der Waals surface area contributed by atoms with E-state index in [4.69, 9.17) is 0 Å². The van der Waals surface area contributed by atoms with Crippen molar-refractivity contribution in [2.75, 3.05) is 6.54 Å². The normalized spacial score (nSPS) is 27.4. The van der Waals surface area contributed by atoms with Gasteiger partial charge in [0, 0.05) is 15.8 Å². The average Bonchev–Trinajstić information content (AvgIpc) is 2.82. The van der Waals surface area contributed by atoms with Gasteiger partial charge < -0.3 is 5.32 Å². The van der Waals surface area contributed by atoms with Crippen LogP contribution in [-0.4, -0.2) is 12.6 Å². The predicted molar refractivity (Wildman–Crippen MR) is 90.6 cm³/mol. The van der Waals surface area contributed by atoms with Gasteiger partial charge in [0.25, 0.3) is 0 Å². The first-order valence-electron chi connectivity index (χ1n) is 8.27. The van der Waals surface area contributed by atoms with Gasteiger partial charge in [-0.05, 0) is 68.5 Å². The summed E-state index contributed by atoms with van der Waals surface area (Å²) in [6.45, 7) is 12.7. The van der Waals surface area contributed by atoms with Crippen LogP contribution in [-0.2, 0) is 0 Å². The molecule has 1 fully saturated rings. The number of hydrogen-bond donors (Lipinski definition) is 1. The van der Waals surface area contributed by atoms with Gasteiger partial charge in [0.2, 0.25) is 0 Å². The summed E-state index contributed by atoms with van der Waals surface area (Å²) in [5.74, 6) is 3.35. The molecule has 0 aliphatic heterocycles. The zero-order valence-corrected chi connectivity index (χ0v) is 14.6.